The average molecular weight is 277 g/mol. The van der Waals surface area contributed by atoms with E-state index in [-0.39, 0.29) is 12.1 Å². The number of unbranched alkanes of at least 4 members (excludes halogenated alkanes) is 1. The lowest BCUT2D eigenvalue weighted by Gasteiger charge is -2.28. The van der Waals surface area contributed by atoms with Crippen molar-refractivity contribution < 1.29 is 4.79 Å². The summed E-state index contributed by atoms with van der Waals surface area (Å²) in [6.07, 6.45) is 3.07. The fraction of sp³-hybridized carbons (Fsp3) is 0.562. The molecule has 0 aliphatic rings. The standard InChI is InChI=1S/C16H27N3O/c1-4-6-10-19(13(3)5-2)16(20)18-15-9-7-8-14(11-15)12-17/h7-9,11,13H,4-6,10,12,17H2,1-3H3,(H,18,20). The molecule has 0 saturated heterocycles. The second kappa shape index (κ2) is 8.59. The number of rotatable bonds is 7. The fourth-order valence-corrected chi connectivity index (χ4v) is 2.04. The highest BCUT2D eigenvalue weighted by Gasteiger charge is 2.18. The van der Waals surface area contributed by atoms with Gasteiger partial charge in [0.2, 0.25) is 0 Å². The molecule has 0 aliphatic carbocycles. The lowest BCUT2D eigenvalue weighted by Crippen LogP contribution is -2.41. The summed E-state index contributed by atoms with van der Waals surface area (Å²) in [6.45, 7) is 7.61. The minimum absolute atomic E-state index is 0.0260. The predicted molar refractivity (Wildman–Crippen MR) is 84.7 cm³/mol. The second-order valence-electron chi connectivity index (χ2n) is 5.14. The number of nitrogens with zero attached hydrogens (tertiary/aromatic N) is 1. The first-order valence-corrected chi connectivity index (χ1v) is 7.49. The SMILES string of the molecule is CCCCN(C(=O)Nc1cccc(CN)c1)C(C)CC. The van der Waals surface area contributed by atoms with E-state index in [4.69, 9.17) is 5.73 Å². The van der Waals surface area contributed by atoms with E-state index >= 15 is 0 Å². The van der Waals surface area contributed by atoms with Gasteiger partial charge >= 0.3 is 6.03 Å². The first-order valence-electron chi connectivity index (χ1n) is 7.49. The molecule has 0 aliphatic heterocycles. The molecule has 1 aromatic carbocycles. The minimum atomic E-state index is -0.0260. The molecule has 2 amide bonds. The van der Waals surface area contributed by atoms with E-state index in [2.05, 4.69) is 26.1 Å². The van der Waals surface area contributed by atoms with Crippen LogP contribution in [0.5, 0.6) is 0 Å². The predicted octanol–water partition coefficient (Wildman–Crippen LogP) is 3.58. The summed E-state index contributed by atoms with van der Waals surface area (Å²) in [5.74, 6) is 0. The van der Waals surface area contributed by atoms with Crippen LogP contribution in [0.25, 0.3) is 0 Å². The Labute approximate surface area is 122 Å². The summed E-state index contributed by atoms with van der Waals surface area (Å²) < 4.78 is 0. The molecule has 0 radical (unpaired) electrons. The van der Waals surface area contributed by atoms with E-state index in [1.807, 2.05) is 29.2 Å². The topological polar surface area (TPSA) is 58.4 Å². The molecule has 0 aromatic heterocycles. The van der Waals surface area contributed by atoms with E-state index in [0.717, 1.165) is 37.1 Å². The van der Waals surface area contributed by atoms with Gasteiger partial charge in [0, 0.05) is 24.8 Å². The number of anilines is 1. The third-order valence-electron chi connectivity index (χ3n) is 3.55. The monoisotopic (exact) mass is 277 g/mol. The zero-order valence-corrected chi connectivity index (χ0v) is 12.9. The minimum Gasteiger partial charge on any atom is -0.326 e. The number of nitrogens with one attached hydrogen (secondary N) is 1. The van der Waals surface area contributed by atoms with Crippen molar-refractivity contribution in [2.24, 2.45) is 5.73 Å². The Morgan fingerprint density at radius 3 is 2.75 bits per heavy atom. The van der Waals surface area contributed by atoms with Crippen molar-refractivity contribution in [3.8, 4) is 0 Å². The lowest BCUT2D eigenvalue weighted by molar-refractivity contribution is 0.189. The Bertz CT molecular complexity index is 420. The van der Waals surface area contributed by atoms with Crippen molar-refractivity contribution in [3.05, 3.63) is 29.8 Å². The molecule has 1 rings (SSSR count). The van der Waals surface area contributed by atoms with Crippen molar-refractivity contribution in [1.82, 2.24) is 4.90 Å². The Morgan fingerprint density at radius 2 is 2.15 bits per heavy atom. The van der Waals surface area contributed by atoms with Gasteiger partial charge in [0.05, 0.1) is 0 Å². The number of nitrogens with two attached hydrogens (primary N) is 1. The fourth-order valence-electron chi connectivity index (χ4n) is 2.04. The largest absolute Gasteiger partial charge is 0.326 e. The zero-order chi connectivity index (χ0) is 15.0. The molecule has 1 unspecified atom stereocenters. The Hall–Kier alpha value is -1.55. The maximum atomic E-state index is 12.4. The molecule has 0 bridgehead atoms. The van der Waals surface area contributed by atoms with Gasteiger partial charge in [-0.2, -0.15) is 0 Å². The van der Waals surface area contributed by atoms with Crippen LogP contribution in [0, 0.1) is 0 Å². The van der Waals surface area contributed by atoms with Crippen molar-refractivity contribution in [2.45, 2.75) is 52.6 Å². The first kappa shape index (κ1) is 16.5. The maximum Gasteiger partial charge on any atom is 0.322 e. The molecular formula is C16H27N3O. The van der Waals surface area contributed by atoms with E-state index in [0.29, 0.717) is 6.54 Å². The number of hydrogen-bond acceptors (Lipinski definition) is 2. The summed E-state index contributed by atoms with van der Waals surface area (Å²) in [5.41, 5.74) is 7.45. The number of carbonyl (C=O) groups excluding carboxylic acids is 1. The molecule has 3 N–H and O–H groups in total. The lowest BCUT2D eigenvalue weighted by atomic mass is 10.2. The smallest absolute Gasteiger partial charge is 0.322 e. The van der Waals surface area contributed by atoms with Crippen LogP contribution in [0.15, 0.2) is 24.3 Å². The van der Waals surface area contributed by atoms with Crippen LogP contribution in [0.2, 0.25) is 0 Å². The number of carbonyl (C=O) groups is 1. The molecule has 1 aromatic rings. The van der Waals surface area contributed by atoms with Gasteiger partial charge in [-0.1, -0.05) is 32.4 Å². The normalized spacial score (nSPS) is 12.0. The zero-order valence-electron chi connectivity index (χ0n) is 12.9. The van der Waals surface area contributed by atoms with Gasteiger partial charge in [-0.15, -0.1) is 0 Å². The molecule has 0 spiro atoms. The summed E-state index contributed by atoms with van der Waals surface area (Å²) >= 11 is 0. The van der Waals surface area contributed by atoms with E-state index in [9.17, 15) is 4.79 Å². The van der Waals surface area contributed by atoms with Gasteiger partial charge in [-0.3, -0.25) is 0 Å². The molecule has 1 atom stereocenters. The highest BCUT2D eigenvalue weighted by atomic mass is 16.2. The van der Waals surface area contributed by atoms with Gasteiger partial charge in [0.15, 0.2) is 0 Å². The van der Waals surface area contributed by atoms with E-state index in [1.54, 1.807) is 0 Å². The molecule has 4 heteroatoms. The molecule has 4 nitrogen and oxygen atoms in total. The Morgan fingerprint density at radius 1 is 1.40 bits per heavy atom. The van der Waals surface area contributed by atoms with Gasteiger partial charge in [-0.05, 0) is 37.5 Å². The van der Waals surface area contributed by atoms with Crippen LogP contribution in [0.4, 0.5) is 10.5 Å². The van der Waals surface area contributed by atoms with Gasteiger partial charge < -0.3 is 16.0 Å². The third kappa shape index (κ3) is 4.85. The van der Waals surface area contributed by atoms with Crippen molar-refractivity contribution >= 4 is 11.7 Å². The van der Waals surface area contributed by atoms with Crippen molar-refractivity contribution in [3.63, 3.8) is 0 Å². The van der Waals surface area contributed by atoms with Crippen LogP contribution < -0.4 is 11.1 Å². The summed E-state index contributed by atoms with van der Waals surface area (Å²) in [7, 11) is 0. The quantitative estimate of drug-likeness (QED) is 0.800. The van der Waals surface area contributed by atoms with Gasteiger partial charge in [0.25, 0.3) is 0 Å². The van der Waals surface area contributed by atoms with Crippen LogP contribution >= 0.6 is 0 Å². The summed E-state index contributed by atoms with van der Waals surface area (Å²) in [6, 6.07) is 7.91. The molecule has 112 valence electrons. The van der Waals surface area contributed by atoms with Crippen LogP contribution in [-0.2, 0) is 6.54 Å². The second-order valence-corrected chi connectivity index (χ2v) is 5.14. The molecule has 0 heterocycles. The van der Waals surface area contributed by atoms with E-state index in [1.165, 1.54) is 0 Å². The maximum absolute atomic E-state index is 12.4. The molecular weight excluding hydrogens is 250 g/mol. The summed E-state index contributed by atoms with van der Waals surface area (Å²) in [4.78, 5) is 14.3. The van der Waals surface area contributed by atoms with Crippen LogP contribution in [-0.4, -0.2) is 23.5 Å². The van der Waals surface area contributed by atoms with Gasteiger partial charge in [0.1, 0.15) is 0 Å². The molecule has 0 saturated carbocycles. The Balaban J connectivity index is 2.73. The summed E-state index contributed by atoms with van der Waals surface area (Å²) in [5, 5.41) is 2.97. The van der Waals surface area contributed by atoms with Crippen LogP contribution in [0.3, 0.4) is 0 Å². The number of hydrogen-bond donors (Lipinski definition) is 2. The molecule has 0 fully saturated rings. The molecule has 20 heavy (non-hydrogen) atoms. The van der Waals surface area contributed by atoms with Crippen LogP contribution in [0.1, 0.15) is 45.6 Å². The third-order valence-corrected chi connectivity index (χ3v) is 3.55. The highest BCUT2D eigenvalue weighted by molar-refractivity contribution is 5.89. The number of amides is 2. The van der Waals surface area contributed by atoms with Gasteiger partial charge in [-0.25, -0.2) is 4.79 Å². The first-order chi connectivity index (χ1) is 9.62. The highest BCUT2D eigenvalue weighted by Crippen LogP contribution is 2.13. The van der Waals surface area contributed by atoms with Crippen molar-refractivity contribution in [2.75, 3.05) is 11.9 Å². The van der Waals surface area contributed by atoms with E-state index < -0.39 is 0 Å². The average Bonchev–Trinajstić information content (AvgIpc) is 2.47. The number of urea groups is 1. The Kier molecular flexibility index (Phi) is 7.09. The van der Waals surface area contributed by atoms with Crippen molar-refractivity contribution in [1.29, 1.82) is 0 Å². The number of benzene rings is 1.